The van der Waals surface area contributed by atoms with Gasteiger partial charge in [0, 0.05) is 5.56 Å². The van der Waals surface area contributed by atoms with E-state index in [1.54, 1.807) is 6.92 Å². The molecule has 0 aliphatic heterocycles. The van der Waals surface area contributed by atoms with Crippen molar-refractivity contribution in [3.05, 3.63) is 35.1 Å². The maximum absolute atomic E-state index is 12.2. The van der Waals surface area contributed by atoms with Gasteiger partial charge in [0.2, 0.25) is 5.82 Å². The summed E-state index contributed by atoms with van der Waals surface area (Å²) in [4.78, 5) is 13.1. The summed E-state index contributed by atoms with van der Waals surface area (Å²) in [5.41, 5.74) is 1.43. The lowest BCUT2D eigenvalue weighted by molar-refractivity contribution is -0.274. The highest BCUT2D eigenvalue weighted by Gasteiger charge is 2.31. The predicted molar refractivity (Wildman–Crippen MR) is 76.8 cm³/mol. The third-order valence-electron chi connectivity index (χ3n) is 2.83. The van der Waals surface area contributed by atoms with Crippen LogP contribution in [0, 0.1) is 18.3 Å². The van der Waals surface area contributed by atoms with Gasteiger partial charge in [-0.05, 0) is 31.2 Å². The number of ether oxygens (including phenoxy) is 1. The minimum absolute atomic E-state index is 0.0215. The topological polar surface area (TPSA) is 71.7 Å². The zero-order valence-electron chi connectivity index (χ0n) is 11.5. The summed E-state index contributed by atoms with van der Waals surface area (Å²) in [6, 6.07) is 7.09. The highest BCUT2D eigenvalue weighted by Crippen LogP contribution is 2.31. The average Bonchev–Trinajstić information content (AvgIpc) is 2.85. The van der Waals surface area contributed by atoms with E-state index in [1.807, 2.05) is 6.07 Å². The summed E-state index contributed by atoms with van der Waals surface area (Å²) in [6.45, 7) is 1.79. The normalized spacial score (nSPS) is 11.4. The molecule has 2 heterocycles. The highest BCUT2D eigenvalue weighted by molar-refractivity contribution is 7.18. The summed E-state index contributed by atoms with van der Waals surface area (Å²) in [6.07, 6.45) is -4.75. The van der Waals surface area contributed by atoms with Crippen molar-refractivity contribution in [3.8, 4) is 23.1 Å². The molecular formula is C14H7F3N4OS. The first kappa shape index (κ1) is 15.2. The van der Waals surface area contributed by atoms with Crippen LogP contribution in [-0.4, -0.2) is 21.3 Å². The van der Waals surface area contributed by atoms with Crippen LogP contribution in [0.5, 0.6) is 5.75 Å². The molecule has 0 radical (unpaired) electrons. The molecule has 3 aromatic rings. The number of nitrogens with zero attached hydrogens (tertiary/aromatic N) is 4. The number of halogens is 3. The number of fused-ring (bicyclic) bond motifs is 1. The van der Waals surface area contributed by atoms with Crippen molar-refractivity contribution in [2.45, 2.75) is 13.3 Å². The molecule has 0 atom stereocenters. The molecule has 0 aliphatic rings. The maximum atomic E-state index is 12.2. The van der Waals surface area contributed by atoms with Crippen LogP contribution in [0.25, 0.3) is 21.6 Å². The van der Waals surface area contributed by atoms with Crippen molar-refractivity contribution in [1.29, 1.82) is 5.26 Å². The van der Waals surface area contributed by atoms with E-state index in [2.05, 4.69) is 19.7 Å². The summed E-state index contributed by atoms with van der Waals surface area (Å²) >= 11 is 1.31. The largest absolute Gasteiger partial charge is 0.573 e. The van der Waals surface area contributed by atoms with Gasteiger partial charge in [-0.25, -0.2) is 15.0 Å². The van der Waals surface area contributed by atoms with Gasteiger partial charge < -0.3 is 4.74 Å². The number of aromatic nitrogens is 3. The van der Waals surface area contributed by atoms with Crippen LogP contribution in [0.15, 0.2) is 24.3 Å². The lowest BCUT2D eigenvalue weighted by Gasteiger charge is -2.09. The van der Waals surface area contributed by atoms with E-state index in [1.165, 1.54) is 35.6 Å². The fraction of sp³-hybridized carbons (Fsp3) is 0.143. The molecule has 0 amide bonds. The van der Waals surface area contributed by atoms with Gasteiger partial charge in [0.05, 0.1) is 5.01 Å². The number of benzene rings is 1. The molecule has 116 valence electrons. The molecule has 9 heteroatoms. The number of nitriles is 1. The molecule has 1 aromatic carbocycles. The molecule has 5 nitrogen and oxygen atoms in total. The Kier molecular flexibility index (Phi) is 3.61. The first-order chi connectivity index (χ1) is 10.9. The quantitative estimate of drug-likeness (QED) is 0.711. The second-order valence-electron chi connectivity index (χ2n) is 4.47. The first-order valence-electron chi connectivity index (χ1n) is 6.27. The second-order valence-corrected chi connectivity index (χ2v) is 5.65. The zero-order valence-corrected chi connectivity index (χ0v) is 12.4. The van der Waals surface area contributed by atoms with Crippen LogP contribution >= 0.6 is 11.3 Å². The van der Waals surface area contributed by atoms with Crippen LogP contribution < -0.4 is 4.74 Å². The maximum Gasteiger partial charge on any atom is 0.573 e. The van der Waals surface area contributed by atoms with Crippen molar-refractivity contribution in [3.63, 3.8) is 0 Å². The first-order valence-corrected chi connectivity index (χ1v) is 7.09. The second kappa shape index (κ2) is 5.48. The Morgan fingerprint density at radius 1 is 1.13 bits per heavy atom. The number of alkyl halides is 3. The Labute approximate surface area is 132 Å². The van der Waals surface area contributed by atoms with Crippen molar-refractivity contribution in [1.82, 2.24) is 15.0 Å². The van der Waals surface area contributed by atoms with E-state index in [4.69, 9.17) is 5.26 Å². The molecule has 0 N–H and O–H groups in total. The average molecular weight is 336 g/mol. The van der Waals surface area contributed by atoms with Crippen LogP contribution in [-0.2, 0) is 0 Å². The van der Waals surface area contributed by atoms with E-state index < -0.39 is 6.36 Å². The molecule has 0 bridgehead atoms. The fourth-order valence-electron chi connectivity index (χ4n) is 1.99. The lowest BCUT2D eigenvalue weighted by atomic mass is 10.1. The van der Waals surface area contributed by atoms with Crippen LogP contribution in [0.4, 0.5) is 13.2 Å². The van der Waals surface area contributed by atoms with E-state index in [0.29, 0.717) is 21.6 Å². The van der Waals surface area contributed by atoms with Gasteiger partial charge in [0.1, 0.15) is 27.9 Å². The lowest BCUT2D eigenvalue weighted by Crippen LogP contribution is -2.16. The van der Waals surface area contributed by atoms with Crippen molar-refractivity contribution >= 4 is 21.7 Å². The van der Waals surface area contributed by atoms with E-state index >= 15 is 0 Å². The van der Waals surface area contributed by atoms with Crippen molar-refractivity contribution in [2.24, 2.45) is 0 Å². The molecule has 0 saturated heterocycles. The minimum Gasteiger partial charge on any atom is -0.406 e. The molecule has 0 unspecified atom stereocenters. The van der Waals surface area contributed by atoms with Crippen LogP contribution in [0.2, 0.25) is 0 Å². The summed E-state index contributed by atoms with van der Waals surface area (Å²) in [7, 11) is 0. The molecule has 0 aliphatic carbocycles. The van der Waals surface area contributed by atoms with Crippen molar-refractivity contribution < 1.29 is 17.9 Å². The van der Waals surface area contributed by atoms with Crippen molar-refractivity contribution in [2.75, 3.05) is 0 Å². The standard InChI is InChI=1S/C14H7F3N4OS/c1-7-19-12-11(20-10(6-18)21-13(12)23-7)8-2-4-9(5-3-8)22-14(15,16)17/h2-5H,1H3. The fourth-order valence-corrected chi connectivity index (χ4v) is 2.78. The molecule has 0 fully saturated rings. The van der Waals surface area contributed by atoms with Gasteiger partial charge in [-0.1, -0.05) is 11.3 Å². The molecule has 0 saturated carbocycles. The molecule has 0 spiro atoms. The SMILES string of the molecule is Cc1nc2c(-c3ccc(OC(F)(F)F)cc3)nc(C#N)nc2s1. The Hall–Kier alpha value is -2.73. The van der Waals surface area contributed by atoms with Gasteiger partial charge in [-0.15, -0.1) is 13.2 Å². The number of rotatable bonds is 2. The third kappa shape index (κ3) is 3.22. The summed E-state index contributed by atoms with van der Waals surface area (Å²) in [5.74, 6) is -0.353. The number of hydrogen-bond acceptors (Lipinski definition) is 6. The number of thiazole rings is 1. The predicted octanol–water partition coefficient (Wildman–Crippen LogP) is 3.83. The Bertz CT molecular complexity index is 913. The van der Waals surface area contributed by atoms with Crippen LogP contribution in [0.3, 0.4) is 0 Å². The zero-order chi connectivity index (χ0) is 16.6. The van der Waals surface area contributed by atoms with E-state index in [0.717, 1.165) is 5.01 Å². The smallest absolute Gasteiger partial charge is 0.406 e. The van der Waals surface area contributed by atoms with Gasteiger partial charge in [0.25, 0.3) is 0 Å². The third-order valence-corrected chi connectivity index (χ3v) is 3.69. The molecular weight excluding hydrogens is 329 g/mol. The summed E-state index contributed by atoms with van der Waals surface area (Å²) in [5, 5.41) is 9.76. The molecule has 3 rings (SSSR count). The highest BCUT2D eigenvalue weighted by atomic mass is 32.1. The molecule has 2 aromatic heterocycles. The number of aryl methyl sites for hydroxylation is 1. The summed E-state index contributed by atoms with van der Waals surface area (Å²) < 4.78 is 40.4. The van der Waals surface area contributed by atoms with E-state index in [-0.39, 0.29) is 11.6 Å². The van der Waals surface area contributed by atoms with Gasteiger partial charge >= 0.3 is 6.36 Å². The Balaban J connectivity index is 2.08. The molecule has 23 heavy (non-hydrogen) atoms. The minimum atomic E-state index is -4.75. The van der Waals surface area contributed by atoms with E-state index in [9.17, 15) is 13.2 Å². The Morgan fingerprint density at radius 3 is 2.43 bits per heavy atom. The Morgan fingerprint density at radius 2 is 1.83 bits per heavy atom. The van der Waals surface area contributed by atoms with Crippen LogP contribution in [0.1, 0.15) is 10.8 Å². The monoisotopic (exact) mass is 336 g/mol. The van der Waals surface area contributed by atoms with Gasteiger partial charge in [-0.3, -0.25) is 0 Å². The number of hydrogen-bond donors (Lipinski definition) is 0. The van der Waals surface area contributed by atoms with Gasteiger partial charge in [-0.2, -0.15) is 5.26 Å². The van der Waals surface area contributed by atoms with Gasteiger partial charge in [0.15, 0.2) is 0 Å².